The molecule has 14 heavy (non-hydrogen) atoms. The highest BCUT2D eigenvalue weighted by Crippen LogP contribution is 2.09. The first-order chi connectivity index (χ1) is 6.26. The second-order valence-corrected chi connectivity index (χ2v) is 3.97. The van der Waals surface area contributed by atoms with Crippen LogP contribution in [0.15, 0.2) is 0 Å². The van der Waals surface area contributed by atoms with Gasteiger partial charge in [0.25, 0.3) is 0 Å². The van der Waals surface area contributed by atoms with E-state index in [-0.39, 0.29) is 6.42 Å². The van der Waals surface area contributed by atoms with Crippen LogP contribution in [-0.2, 0) is 14.3 Å². The molecule has 82 valence electrons. The van der Waals surface area contributed by atoms with Gasteiger partial charge in [-0.1, -0.05) is 0 Å². The lowest BCUT2D eigenvalue weighted by atomic mass is 10.1. The van der Waals surface area contributed by atoms with E-state index in [2.05, 4.69) is 5.32 Å². The minimum atomic E-state index is -1.06. The van der Waals surface area contributed by atoms with Crippen LogP contribution >= 0.6 is 0 Å². The highest BCUT2D eigenvalue weighted by molar-refractivity contribution is 5.81. The van der Waals surface area contributed by atoms with Crippen molar-refractivity contribution in [3.05, 3.63) is 0 Å². The summed E-state index contributed by atoms with van der Waals surface area (Å²) in [4.78, 5) is 21.8. The maximum Gasteiger partial charge on any atom is 0.321 e. The summed E-state index contributed by atoms with van der Waals surface area (Å²) in [6.45, 7) is 5.21. The standard InChI is InChI=1S/C9H17NO4/c1-9(2,3)14-7(11)5-6(10-4)8(12)13/h6,10H,5H2,1-4H3,(H,12,13)/t6-/m1/s1. The van der Waals surface area contributed by atoms with Crippen molar-refractivity contribution in [2.45, 2.75) is 38.8 Å². The smallest absolute Gasteiger partial charge is 0.321 e. The third-order valence-corrected chi connectivity index (χ3v) is 1.44. The molecule has 0 aliphatic heterocycles. The van der Waals surface area contributed by atoms with Gasteiger partial charge in [-0.15, -0.1) is 0 Å². The van der Waals surface area contributed by atoms with E-state index in [4.69, 9.17) is 9.84 Å². The number of nitrogens with one attached hydrogen (secondary N) is 1. The zero-order chi connectivity index (χ0) is 11.4. The molecule has 0 aliphatic rings. The van der Waals surface area contributed by atoms with Gasteiger partial charge in [-0.2, -0.15) is 0 Å². The van der Waals surface area contributed by atoms with Crippen molar-refractivity contribution >= 4 is 11.9 Å². The Balaban J connectivity index is 4.11. The van der Waals surface area contributed by atoms with Gasteiger partial charge in [0.05, 0.1) is 6.42 Å². The first-order valence-corrected chi connectivity index (χ1v) is 4.38. The van der Waals surface area contributed by atoms with E-state index in [1.54, 1.807) is 20.8 Å². The molecule has 0 unspecified atom stereocenters. The van der Waals surface area contributed by atoms with Crippen LogP contribution in [0.4, 0.5) is 0 Å². The topological polar surface area (TPSA) is 75.6 Å². The maximum atomic E-state index is 11.2. The van der Waals surface area contributed by atoms with Gasteiger partial charge in [-0.05, 0) is 27.8 Å². The molecule has 0 heterocycles. The third-order valence-electron chi connectivity index (χ3n) is 1.44. The summed E-state index contributed by atoms with van der Waals surface area (Å²) in [6, 6.07) is -0.884. The molecule has 0 aromatic carbocycles. The van der Waals surface area contributed by atoms with Crippen molar-refractivity contribution in [2.24, 2.45) is 0 Å². The van der Waals surface area contributed by atoms with Gasteiger partial charge in [-0.3, -0.25) is 9.59 Å². The van der Waals surface area contributed by atoms with Crippen LogP contribution in [0, 0.1) is 0 Å². The van der Waals surface area contributed by atoms with E-state index >= 15 is 0 Å². The van der Waals surface area contributed by atoms with Crippen LogP contribution in [0.1, 0.15) is 27.2 Å². The van der Waals surface area contributed by atoms with Crippen molar-refractivity contribution in [3.63, 3.8) is 0 Å². The number of carbonyl (C=O) groups is 2. The lowest BCUT2D eigenvalue weighted by molar-refractivity contribution is -0.158. The number of rotatable bonds is 4. The molecule has 0 aromatic rings. The first-order valence-electron chi connectivity index (χ1n) is 4.38. The van der Waals surface area contributed by atoms with E-state index in [0.29, 0.717) is 0 Å². The average molecular weight is 203 g/mol. The first kappa shape index (κ1) is 12.9. The quantitative estimate of drug-likeness (QED) is 0.646. The number of carboxylic acid groups (broad SMARTS) is 1. The van der Waals surface area contributed by atoms with Crippen LogP contribution in [0.3, 0.4) is 0 Å². The molecular formula is C9H17NO4. The average Bonchev–Trinajstić information content (AvgIpc) is 1.96. The Morgan fingerprint density at radius 3 is 2.21 bits per heavy atom. The number of hydrogen-bond acceptors (Lipinski definition) is 4. The van der Waals surface area contributed by atoms with E-state index in [1.165, 1.54) is 7.05 Å². The van der Waals surface area contributed by atoms with Crippen LogP contribution in [0.2, 0.25) is 0 Å². The third kappa shape index (κ3) is 5.53. The van der Waals surface area contributed by atoms with Gasteiger partial charge in [-0.25, -0.2) is 0 Å². The normalized spacial score (nSPS) is 13.4. The molecule has 0 bridgehead atoms. The predicted octanol–water partition coefficient (Wildman–Crippen LogP) is 0.391. The summed E-state index contributed by atoms with van der Waals surface area (Å²) in [5.41, 5.74) is -0.576. The summed E-state index contributed by atoms with van der Waals surface area (Å²) in [6.07, 6.45) is -0.164. The van der Waals surface area contributed by atoms with Gasteiger partial charge in [0.1, 0.15) is 11.6 Å². The Bertz CT molecular complexity index is 219. The van der Waals surface area contributed by atoms with Crippen molar-refractivity contribution in [2.75, 3.05) is 7.05 Å². The van der Waals surface area contributed by atoms with Gasteiger partial charge in [0.2, 0.25) is 0 Å². The predicted molar refractivity (Wildman–Crippen MR) is 50.9 cm³/mol. The van der Waals surface area contributed by atoms with Crippen LogP contribution in [-0.4, -0.2) is 35.7 Å². The molecule has 0 spiro atoms. The molecule has 1 atom stereocenters. The number of hydrogen-bond donors (Lipinski definition) is 2. The van der Waals surface area contributed by atoms with Crippen molar-refractivity contribution in [1.82, 2.24) is 5.32 Å². The highest BCUT2D eigenvalue weighted by Gasteiger charge is 2.23. The van der Waals surface area contributed by atoms with Crippen LogP contribution in [0.5, 0.6) is 0 Å². The minimum Gasteiger partial charge on any atom is -0.480 e. The number of likely N-dealkylation sites (N-methyl/N-ethyl adjacent to an activating group) is 1. The SMILES string of the molecule is CN[C@H](CC(=O)OC(C)(C)C)C(=O)O. The zero-order valence-electron chi connectivity index (χ0n) is 8.96. The molecule has 0 saturated carbocycles. The second kappa shape index (κ2) is 4.95. The largest absolute Gasteiger partial charge is 0.480 e. The molecule has 0 aromatic heterocycles. The Hall–Kier alpha value is -1.10. The molecule has 0 rings (SSSR count). The van der Waals surface area contributed by atoms with Crippen molar-refractivity contribution < 1.29 is 19.4 Å². The number of carbonyl (C=O) groups excluding carboxylic acids is 1. The summed E-state index contributed by atoms with van der Waals surface area (Å²) in [7, 11) is 1.49. The maximum absolute atomic E-state index is 11.2. The van der Waals surface area contributed by atoms with E-state index in [0.717, 1.165) is 0 Å². The molecule has 0 aliphatic carbocycles. The Labute approximate surface area is 83.4 Å². The zero-order valence-corrected chi connectivity index (χ0v) is 8.96. The van der Waals surface area contributed by atoms with E-state index in [1.807, 2.05) is 0 Å². The van der Waals surface area contributed by atoms with E-state index < -0.39 is 23.6 Å². The molecular weight excluding hydrogens is 186 g/mol. The van der Waals surface area contributed by atoms with Gasteiger partial charge in [0.15, 0.2) is 0 Å². The molecule has 0 amide bonds. The monoisotopic (exact) mass is 203 g/mol. The van der Waals surface area contributed by atoms with Gasteiger partial charge < -0.3 is 15.2 Å². The summed E-state index contributed by atoms with van der Waals surface area (Å²) in [5, 5.41) is 11.2. The minimum absolute atomic E-state index is 0.164. The lowest BCUT2D eigenvalue weighted by Crippen LogP contribution is -2.37. The molecule has 0 radical (unpaired) electrons. The Morgan fingerprint density at radius 1 is 1.43 bits per heavy atom. The Morgan fingerprint density at radius 2 is 1.93 bits per heavy atom. The van der Waals surface area contributed by atoms with Gasteiger partial charge in [0, 0.05) is 0 Å². The second-order valence-electron chi connectivity index (χ2n) is 3.97. The molecule has 0 saturated heterocycles. The number of ether oxygens (including phenoxy) is 1. The fourth-order valence-corrected chi connectivity index (χ4v) is 0.863. The van der Waals surface area contributed by atoms with Crippen molar-refractivity contribution in [1.29, 1.82) is 0 Å². The number of aliphatic carboxylic acids is 1. The Kier molecular flexibility index (Phi) is 4.56. The number of esters is 1. The van der Waals surface area contributed by atoms with Crippen LogP contribution in [0.25, 0.3) is 0 Å². The summed E-state index contributed by atoms with van der Waals surface area (Å²) < 4.78 is 4.98. The van der Waals surface area contributed by atoms with Crippen LogP contribution < -0.4 is 5.32 Å². The fraction of sp³-hybridized carbons (Fsp3) is 0.778. The molecule has 0 fully saturated rings. The van der Waals surface area contributed by atoms with Crippen molar-refractivity contribution in [3.8, 4) is 0 Å². The molecule has 5 nitrogen and oxygen atoms in total. The number of carboxylic acids is 1. The molecule has 5 heteroatoms. The summed E-state index contributed by atoms with van der Waals surface area (Å²) in [5.74, 6) is -1.57. The van der Waals surface area contributed by atoms with Gasteiger partial charge >= 0.3 is 11.9 Å². The molecule has 2 N–H and O–H groups in total. The highest BCUT2D eigenvalue weighted by atomic mass is 16.6. The fourth-order valence-electron chi connectivity index (χ4n) is 0.863. The lowest BCUT2D eigenvalue weighted by Gasteiger charge is -2.20. The van der Waals surface area contributed by atoms with E-state index in [9.17, 15) is 9.59 Å². The summed E-state index contributed by atoms with van der Waals surface area (Å²) >= 11 is 0.